The number of amides is 1. The molecule has 2 aromatic carbocycles. The van der Waals surface area contributed by atoms with Crippen LogP contribution in [0.3, 0.4) is 0 Å². The molecule has 0 saturated carbocycles. The van der Waals surface area contributed by atoms with Crippen molar-refractivity contribution in [3.05, 3.63) is 71.8 Å². The summed E-state index contributed by atoms with van der Waals surface area (Å²) in [5, 5.41) is 13.5. The lowest BCUT2D eigenvalue weighted by molar-refractivity contribution is -0.140. The fourth-order valence-corrected chi connectivity index (χ4v) is 2.63. The average molecular weight is 327 g/mol. The van der Waals surface area contributed by atoms with Gasteiger partial charge < -0.3 is 15.2 Å². The fraction of sp³-hybridized carbons (Fsp3) is 0.350. The molecule has 2 rings (SSSR count). The van der Waals surface area contributed by atoms with Crippen LogP contribution in [-0.2, 0) is 9.53 Å². The van der Waals surface area contributed by atoms with E-state index < -0.39 is 11.5 Å². The van der Waals surface area contributed by atoms with Crippen LogP contribution in [-0.4, -0.2) is 30.3 Å². The minimum atomic E-state index is -1.50. The Kier molecular flexibility index (Phi) is 6.12. The van der Waals surface area contributed by atoms with E-state index in [9.17, 15) is 9.90 Å². The summed E-state index contributed by atoms with van der Waals surface area (Å²) in [5.74, 6) is -0.728. The van der Waals surface area contributed by atoms with Gasteiger partial charge in [-0.15, -0.1) is 0 Å². The van der Waals surface area contributed by atoms with Crippen molar-refractivity contribution in [1.29, 1.82) is 0 Å². The Labute approximate surface area is 143 Å². The van der Waals surface area contributed by atoms with Crippen LogP contribution in [0.4, 0.5) is 0 Å². The third kappa shape index (κ3) is 4.22. The predicted octanol–water partition coefficient (Wildman–Crippen LogP) is 3.05. The number of hydrogen-bond donors (Lipinski definition) is 2. The normalized spacial score (nSPS) is 16.0. The first-order chi connectivity index (χ1) is 11.5. The van der Waals surface area contributed by atoms with Crippen LogP contribution in [0.5, 0.6) is 0 Å². The Balaban J connectivity index is 2.02. The molecule has 0 aliphatic carbocycles. The van der Waals surface area contributed by atoms with Gasteiger partial charge in [-0.3, -0.25) is 4.79 Å². The van der Waals surface area contributed by atoms with Crippen molar-refractivity contribution in [3.8, 4) is 0 Å². The first kappa shape index (κ1) is 18.2. The Morgan fingerprint density at radius 1 is 1.08 bits per heavy atom. The second-order valence-corrected chi connectivity index (χ2v) is 6.12. The van der Waals surface area contributed by atoms with Gasteiger partial charge in [0.2, 0.25) is 0 Å². The molecular formula is C20H25NO3. The number of ether oxygens (including phenoxy) is 1. The molecule has 0 unspecified atom stereocenters. The maximum atomic E-state index is 12.5. The molecule has 0 bridgehead atoms. The summed E-state index contributed by atoms with van der Waals surface area (Å²) in [4.78, 5) is 12.5. The van der Waals surface area contributed by atoms with E-state index in [1.807, 2.05) is 67.6 Å². The van der Waals surface area contributed by atoms with Gasteiger partial charge in [0.1, 0.15) is 5.60 Å². The lowest BCUT2D eigenvalue weighted by Gasteiger charge is -2.30. The van der Waals surface area contributed by atoms with Crippen LogP contribution in [0.1, 0.15) is 37.0 Å². The zero-order chi connectivity index (χ0) is 17.6. The number of nitrogens with one attached hydrogen (secondary N) is 1. The van der Waals surface area contributed by atoms with Crippen LogP contribution >= 0.6 is 0 Å². The van der Waals surface area contributed by atoms with Crippen LogP contribution < -0.4 is 5.32 Å². The Bertz CT molecular complexity index is 640. The summed E-state index contributed by atoms with van der Waals surface area (Å²) in [6.07, 6.45) is -0.252. The van der Waals surface area contributed by atoms with Crippen molar-refractivity contribution in [2.75, 3.05) is 13.7 Å². The predicted molar refractivity (Wildman–Crippen MR) is 94.7 cm³/mol. The van der Waals surface area contributed by atoms with Gasteiger partial charge in [0.15, 0.2) is 0 Å². The summed E-state index contributed by atoms with van der Waals surface area (Å²) in [7, 11) is 1.61. The minimum absolute atomic E-state index is 0.252. The Hall–Kier alpha value is -2.17. The van der Waals surface area contributed by atoms with Gasteiger partial charge in [0.05, 0.1) is 6.10 Å². The molecule has 2 N–H and O–H groups in total. The molecule has 1 amide bonds. The summed E-state index contributed by atoms with van der Waals surface area (Å²) in [5.41, 5.74) is 0.399. The number of rotatable bonds is 7. The van der Waals surface area contributed by atoms with Crippen LogP contribution in [0.15, 0.2) is 60.7 Å². The van der Waals surface area contributed by atoms with Crippen molar-refractivity contribution in [3.63, 3.8) is 0 Å². The number of aliphatic hydroxyl groups is 1. The molecule has 0 fully saturated rings. The van der Waals surface area contributed by atoms with Gasteiger partial charge in [-0.05, 0) is 18.1 Å². The largest absolute Gasteiger partial charge is 0.380 e. The number of methoxy groups -OCH3 is 1. The molecule has 128 valence electrons. The highest BCUT2D eigenvalue weighted by atomic mass is 16.5. The van der Waals surface area contributed by atoms with Gasteiger partial charge in [0, 0.05) is 19.6 Å². The van der Waals surface area contributed by atoms with E-state index in [2.05, 4.69) is 5.32 Å². The zero-order valence-corrected chi connectivity index (χ0v) is 14.4. The highest BCUT2D eigenvalue weighted by Crippen LogP contribution is 2.28. The van der Waals surface area contributed by atoms with Gasteiger partial charge >= 0.3 is 0 Å². The van der Waals surface area contributed by atoms with Gasteiger partial charge in [-0.1, -0.05) is 67.6 Å². The Morgan fingerprint density at radius 2 is 1.58 bits per heavy atom. The quantitative estimate of drug-likeness (QED) is 0.822. The molecule has 0 saturated heterocycles. The molecule has 0 aliphatic heterocycles. The number of hydrogen-bond acceptors (Lipinski definition) is 3. The van der Waals surface area contributed by atoms with Crippen LogP contribution in [0.2, 0.25) is 0 Å². The van der Waals surface area contributed by atoms with Crippen LogP contribution in [0, 0.1) is 0 Å². The minimum Gasteiger partial charge on any atom is -0.380 e. The maximum Gasteiger partial charge on any atom is 0.252 e. The second kappa shape index (κ2) is 8.08. The van der Waals surface area contributed by atoms with E-state index >= 15 is 0 Å². The highest BCUT2D eigenvalue weighted by molar-refractivity contribution is 5.85. The van der Waals surface area contributed by atoms with Gasteiger partial charge in [-0.25, -0.2) is 0 Å². The molecule has 3 atom stereocenters. The second-order valence-electron chi connectivity index (χ2n) is 6.12. The van der Waals surface area contributed by atoms with Crippen LogP contribution in [0.25, 0.3) is 0 Å². The maximum absolute atomic E-state index is 12.5. The average Bonchev–Trinajstić information content (AvgIpc) is 2.63. The molecule has 0 aromatic heterocycles. The topological polar surface area (TPSA) is 58.6 Å². The standard InChI is InChI=1S/C20H25NO3/c1-15(16-10-6-4-7-11-16)20(2,23)19(22)21-14-18(24-3)17-12-8-5-9-13-17/h4-13,15,18,23H,14H2,1-3H3,(H,21,22)/t15-,18+,20+/m0/s1. The number of carbonyl (C=O) groups is 1. The molecule has 24 heavy (non-hydrogen) atoms. The first-order valence-corrected chi connectivity index (χ1v) is 8.10. The molecule has 0 spiro atoms. The van der Waals surface area contributed by atoms with Crippen molar-refractivity contribution in [1.82, 2.24) is 5.32 Å². The van der Waals surface area contributed by atoms with Crippen molar-refractivity contribution < 1.29 is 14.6 Å². The van der Waals surface area contributed by atoms with E-state index in [-0.39, 0.29) is 12.0 Å². The van der Waals surface area contributed by atoms with E-state index in [1.54, 1.807) is 14.0 Å². The van der Waals surface area contributed by atoms with Crippen molar-refractivity contribution in [2.45, 2.75) is 31.5 Å². The monoisotopic (exact) mass is 327 g/mol. The van der Waals surface area contributed by atoms with E-state index in [0.717, 1.165) is 11.1 Å². The molecule has 4 nitrogen and oxygen atoms in total. The van der Waals surface area contributed by atoms with Gasteiger partial charge in [0.25, 0.3) is 5.91 Å². The lowest BCUT2D eigenvalue weighted by Crippen LogP contribution is -2.49. The fourth-order valence-electron chi connectivity index (χ4n) is 2.63. The molecule has 0 radical (unpaired) electrons. The number of carbonyl (C=O) groups excluding carboxylic acids is 1. The smallest absolute Gasteiger partial charge is 0.252 e. The summed E-state index contributed by atoms with van der Waals surface area (Å²) in [6.45, 7) is 3.70. The lowest BCUT2D eigenvalue weighted by atomic mass is 9.84. The molecular weight excluding hydrogens is 302 g/mol. The van der Waals surface area contributed by atoms with E-state index in [4.69, 9.17) is 4.74 Å². The molecule has 0 heterocycles. The van der Waals surface area contributed by atoms with E-state index in [1.165, 1.54) is 0 Å². The highest BCUT2D eigenvalue weighted by Gasteiger charge is 2.37. The molecule has 4 heteroatoms. The molecule has 2 aromatic rings. The third-order valence-corrected chi connectivity index (χ3v) is 4.51. The summed E-state index contributed by atoms with van der Waals surface area (Å²) in [6, 6.07) is 19.2. The van der Waals surface area contributed by atoms with Crippen molar-refractivity contribution in [2.24, 2.45) is 0 Å². The van der Waals surface area contributed by atoms with Gasteiger partial charge in [-0.2, -0.15) is 0 Å². The summed E-state index contributed by atoms with van der Waals surface area (Å²) >= 11 is 0. The number of benzene rings is 2. The summed E-state index contributed by atoms with van der Waals surface area (Å²) < 4.78 is 5.45. The first-order valence-electron chi connectivity index (χ1n) is 8.10. The third-order valence-electron chi connectivity index (χ3n) is 4.51. The SMILES string of the molecule is CO[C@H](CNC(=O)[C@](C)(O)[C@@H](C)c1ccccc1)c1ccccc1. The van der Waals surface area contributed by atoms with Crippen molar-refractivity contribution >= 4 is 5.91 Å². The molecule has 0 aliphatic rings. The Morgan fingerprint density at radius 3 is 2.08 bits per heavy atom. The van der Waals surface area contributed by atoms with E-state index in [0.29, 0.717) is 6.54 Å². The zero-order valence-electron chi connectivity index (χ0n) is 14.4.